The van der Waals surface area contributed by atoms with Crippen LogP contribution in [0.3, 0.4) is 0 Å². The highest BCUT2D eigenvalue weighted by atomic mass is 32.1. The molecule has 0 saturated carbocycles. The summed E-state index contributed by atoms with van der Waals surface area (Å²) in [7, 11) is 1.83. The Kier molecular flexibility index (Phi) is 6.09. The molecular weight excluding hydrogens is 412 g/mol. The third-order valence-electron chi connectivity index (χ3n) is 6.39. The topological polar surface area (TPSA) is 91.0 Å². The van der Waals surface area contributed by atoms with Crippen LogP contribution in [0.4, 0.5) is 0 Å². The number of aliphatic imine (C=N–C) groups is 1. The van der Waals surface area contributed by atoms with Crippen molar-refractivity contribution in [3.63, 3.8) is 0 Å². The van der Waals surface area contributed by atoms with Crippen molar-refractivity contribution in [2.24, 2.45) is 18.0 Å². The van der Waals surface area contributed by atoms with Crippen LogP contribution < -0.4 is 0 Å². The number of thiocarbonyl (C=S) groups is 1. The maximum Gasteiger partial charge on any atom is 0.306 e. The van der Waals surface area contributed by atoms with E-state index in [1.54, 1.807) is 4.68 Å². The molecule has 1 fully saturated rings. The van der Waals surface area contributed by atoms with Crippen molar-refractivity contribution >= 4 is 28.9 Å². The monoisotopic (exact) mass is 440 g/mol. The van der Waals surface area contributed by atoms with Gasteiger partial charge in [0, 0.05) is 25.7 Å². The molecule has 7 nitrogen and oxygen atoms in total. The number of piperidine rings is 1. The van der Waals surface area contributed by atoms with Gasteiger partial charge in [-0.25, -0.2) is 0 Å². The van der Waals surface area contributed by atoms with Gasteiger partial charge in [0.05, 0.1) is 23.2 Å². The molecular formula is C23H28N4O3S. The highest BCUT2D eigenvalue weighted by Gasteiger charge is 2.26. The minimum atomic E-state index is -0.732. The molecule has 2 N–H and O–H groups in total. The molecule has 0 spiro atoms. The number of carboxylic acids is 1. The number of benzene rings is 1. The Morgan fingerprint density at radius 1 is 1.26 bits per heavy atom. The normalized spacial score (nSPS) is 17.1. The second-order valence-electron chi connectivity index (χ2n) is 8.40. The first-order chi connectivity index (χ1) is 14.8. The molecule has 2 aromatic rings. The SMILES string of the molecule is CC(=NCC(=S)N1CCC(C(=O)O)CC1)c1nn(C)c(-c2ccc3c(c2)CCC3)c1O. The molecule has 2 aliphatic rings. The van der Waals surface area contributed by atoms with Crippen LogP contribution in [0.25, 0.3) is 11.3 Å². The summed E-state index contributed by atoms with van der Waals surface area (Å²) < 4.78 is 1.70. The van der Waals surface area contributed by atoms with Crippen LogP contribution in [0, 0.1) is 5.92 Å². The second kappa shape index (κ2) is 8.78. The van der Waals surface area contributed by atoms with Crippen LogP contribution in [0.15, 0.2) is 23.2 Å². The van der Waals surface area contributed by atoms with Gasteiger partial charge in [-0.15, -0.1) is 0 Å². The zero-order chi connectivity index (χ0) is 22.1. The van der Waals surface area contributed by atoms with Crippen LogP contribution in [-0.2, 0) is 24.7 Å². The molecule has 1 saturated heterocycles. The molecule has 1 aromatic carbocycles. The molecule has 1 aromatic heterocycles. The molecule has 0 unspecified atom stereocenters. The summed E-state index contributed by atoms with van der Waals surface area (Å²) in [5.74, 6) is -0.883. The maximum atomic E-state index is 11.1. The Morgan fingerprint density at radius 3 is 2.68 bits per heavy atom. The number of hydrogen-bond acceptors (Lipinski definition) is 5. The van der Waals surface area contributed by atoms with Crippen LogP contribution in [-0.4, -0.2) is 61.2 Å². The van der Waals surface area contributed by atoms with Crippen LogP contribution in [0.2, 0.25) is 0 Å². The first-order valence-corrected chi connectivity index (χ1v) is 11.2. The van der Waals surface area contributed by atoms with E-state index in [1.807, 2.05) is 24.9 Å². The third-order valence-corrected chi connectivity index (χ3v) is 6.77. The number of carboxylic acid groups (broad SMARTS) is 1. The standard InChI is InChI=1S/C23H28N4O3S/c1-14(24-13-19(31)27-10-8-16(9-11-27)23(29)30)20-22(28)21(26(2)25-20)18-7-6-15-4-3-5-17(15)12-18/h6-7,12,16,28H,3-5,8-11,13H2,1-2H3,(H,29,30). The van der Waals surface area contributed by atoms with E-state index in [9.17, 15) is 9.90 Å². The smallest absolute Gasteiger partial charge is 0.306 e. The summed E-state index contributed by atoms with van der Waals surface area (Å²) in [4.78, 5) is 18.4. The van der Waals surface area contributed by atoms with Crippen molar-refractivity contribution in [2.45, 2.75) is 39.0 Å². The Labute approximate surface area is 187 Å². The largest absolute Gasteiger partial charge is 0.504 e. The van der Waals surface area contributed by atoms with Crippen molar-refractivity contribution in [3.8, 4) is 17.0 Å². The molecule has 0 amide bonds. The van der Waals surface area contributed by atoms with Gasteiger partial charge in [0.25, 0.3) is 0 Å². The lowest BCUT2D eigenvalue weighted by Crippen LogP contribution is -2.40. The average Bonchev–Trinajstić information content (AvgIpc) is 3.34. The van der Waals surface area contributed by atoms with Crippen molar-refractivity contribution in [2.75, 3.05) is 19.6 Å². The Bertz CT molecular complexity index is 1050. The number of likely N-dealkylation sites (tertiary alicyclic amines) is 1. The van der Waals surface area contributed by atoms with Crippen LogP contribution in [0.5, 0.6) is 5.75 Å². The molecule has 31 heavy (non-hydrogen) atoms. The Hall–Kier alpha value is -2.74. The quantitative estimate of drug-likeness (QED) is 0.548. The van der Waals surface area contributed by atoms with E-state index in [0.717, 1.165) is 18.4 Å². The number of nitrogens with zero attached hydrogens (tertiary/aromatic N) is 4. The van der Waals surface area contributed by atoms with E-state index in [2.05, 4.69) is 22.2 Å². The van der Waals surface area contributed by atoms with Gasteiger partial charge >= 0.3 is 5.97 Å². The van der Waals surface area contributed by atoms with Crippen molar-refractivity contribution in [3.05, 3.63) is 35.0 Å². The molecule has 0 atom stereocenters. The van der Waals surface area contributed by atoms with Crippen LogP contribution >= 0.6 is 12.2 Å². The minimum absolute atomic E-state index is 0.134. The summed E-state index contributed by atoms with van der Waals surface area (Å²) in [6.45, 7) is 3.43. The lowest BCUT2D eigenvalue weighted by atomic mass is 9.97. The average molecular weight is 441 g/mol. The molecule has 0 radical (unpaired) electrons. The van der Waals surface area contributed by atoms with Gasteiger partial charge in [0.2, 0.25) is 0 Å². The third kappa shape index (κ3) is 4.35. The number of fused-ring (bicyclic) bond motifs is 1. The van der Waals surface area contributed by atoms with Gasteiger partial charge in [-0.3, -0.25) is 14.5 Å². The molecule has 1 aliphatic heterocycles. The van der Waals surface area contributed by atoms with E-state index >= 15 is 0 Å². The van der Waals surface area contributed by atoms with Gasteiger partial charge in [0.1, 0.15) is 11.4 Å². The highest BCUT2D eigenvalue weighted by molar-refractivity contribution is 7.80. The molecule has 4 rings (SSSR count). The van der Waals surface area contributed by atoms with Crippen molar-refractivity contribution in [1.82, 2.24) is 14.7 Å². The lowest BCUT2D eigenvalue weighted by molar-refractivity contribution is -0.143. The summed E-state index contributed by atoms with van der Waals surface area (Å²) in [6.07, 6.45) is 4.59. The van der Waals surface area contributed by atoms with Gasteiger partial charge in [-0.05, 0) is 56.2 Å². The summed E-state index contributed by atoms with van der Waals surface area (Å²) in [6, 6.07) is 6.36. The first kappa shape index (κ1) is 21.5. The summed E-state index contributed by atoms with van der Waals surface area (Å²) in [5.41, 5.74) is 5.49. The molecule has 2 heterocycles. The van der Waals surface area contributed by atoms with E-state index < -0.39 is 5.97 Å². The van der Waals surface area contributed by atoms with E-state index in [1.165, 1.54) is 17.5 Å². The first-order valence-electron chi connectivity index (χ1n) is 10.7. The van der Waals surface area contributed by atoms with E-state index in [-0.39, 0.29) is 11.7 Å². The van der Waals surface area contributed by atoms with Crippen LogP contribution in [0.1, 0.15) is 43.0 Å². The van der Waals surface area contributed by atoms with E-state index in [0.29, 0.717) is 54.6 Å². The predicted molar refractivity (Wildman–Crippen MR) is 124 cm³/mol. The Morgan fingerprint density at radius 2 is 1.97 bits per heavy atom. The van der Waals surface area contributed by atoms with Gasteiger partial charge < -0.3 is 15.1 Å². The highest BCUT2D eigenvalue weighted by Crippen LogP contribution is 2.35. The zero-order valence-electron chi connectivity index (χ0n) is 18.0. The fourth-order valence-electron chi connectivity index (χ4n) is 4.54. The van der Waals surface area contributed by atoms with E-state index in [4.69, 9.17) is 17.3 Å². The number of hydrogen-bond donors (Lipinski definition) is 2. The predicted octanol–water partition coefficient (Wildman–Crippen LogP) is 3.21. The number of carbonyl (C=O) groups is 1. The number of aromatic hydroxyl groups is 1. The number of aromatic nitrogens is 2. The molecule has 0 bridgehead atoms. The fourth-order valence-corrected chi connectivity index (χ4v) is 4.78. The van der Waals surface area contributed by atoms with Crippen molar-refractivity contribution in [1.29, 1.82) is 0 Å². The molecule has 8 heteroatoms. The van der Waals surface area contributed by atoms with Crippen molar-refractivity contribution < 1.29 is 15.0 Å². The maximum absolute atomic E-state index is 11.1. The molecule has 1 aliphatic carbocycles. The van der Waals surface area contributed by atoms with Gasteiger partial charge in [-0.1, -0.05) is 24.4 Å². The summed E-state index contributed by atoms with van der Waals surface area (Å²) >= 11 is 5.52. The number of aliphatic carboxylic acids is 1. The summed E-state index contributed by atoms with van der Waals surface area (Å²) in [5, 5.41) is 24.6. The zero-order valence-corrected chi connectivity index (χ0v) is 18.8. The number of rotatable bonds is 5. The lowest BCUT2D eigenvalue weighted by Gasteiger charge is -2.31. The second-order valence-corrected chi connectivity index (χ2v) is 8.87. The molecule has 164 valence electrons. The van der Waals surface area contributed by atoms with Gasteiger partial charge in [-0.2, -0.15) is 5.10 Å². The van der Waals surface area contributed by atoms with Gasteiger partial charge in [0.15, 0.2) is 5.75 Å². The number of aryl methyl sites for hydroxylation is 3. The Balaban J connectivity index is 1.47. The fraction of sp³-hybridized carbons (Fsp3) is 0.478. The minimum Gasteiger partial charge on any atom is -0.504 e.